The molecular formula is C16H16FN. The maximum absolute atomic E-state index is 13.4. The summed E-state index contributed by atoms with van der Waals surface area (Å²) < 4.78 is 13.4. The first-order chi connectivity index (χ1) is 8.74. The van der Waals surface area contributed by atoms with Gasteiger partial charge >= 0.3 is 0 Å². The number of nitrogens with one attached hydrogen (secondary N) is 1. The molecule has 18 heavy (non-hydrogen) atoms. The molecule has 1 aliphatic heterocycles. The van der Waals surface area contributed by atoms with Crippen molar-refractivity contribution in [2.75, 3.05) is 5.32 Å². The molecule has 0 aliphatic carbocycles. The van der Waals surface area contributed by atoms with E-state index in [1.165, 1.54) is 11.6 Å². The molecule has 2 aromatic carbocycles. The third kappa shape index (κ3) is 1.99. The lowest BCUT2D eigenvalue weighted by Gasteiger charge is -2.16. The van der Waals surface area contributed by atoms with E-state index in [0.717, 1.165) is 17.7 Å². The average molecular weight is 241 g/mol. The highest BCUT2D eigenvalue weighted by Gasteiger charge is 2.29. The van der Waals surface area contributed by atoms with Crippen molar-refractivity contribution in [3.8, 4) is 0 Å². The summed E-state index contributed by atoms with van der Waals surface area (Å²) in [7, 11) is 0. The van der Waals surface area contributed by atoms with E-state index in [2.05, 4.69) is 36.5 Å². The quantitative estimate of drug-likeness (QED) is 0.839. The molecule has 1 heterocycles. The van der Waals surface area contributed by atoms with E-state index in [1.807, 2.05) is 12.1 Å². The zero-order chi connectivity index (χ0) is 12.5. The van der Waals surface area contributed by atoms with Crippen molar-refractivity contribution in [1.29, 1.82) is 0 Å². The molecule has 2 heteroatoms. The number of rotatable bonds is 2. The van der Waals surface area contributed by atoms with Crippen LogP contribution in [0.2, 0.25) is 0 Å². The third-order valence-electron chi connectivity index (χ3n) is 3.70. The summed E-state index contributed by atoms with van der Waals surface area (Å²) >= 11 is 0. The highest BCUT2D eigenvalue weighted by molar-refractivity contribution is 5.59. The van der Waals surface area contributed by atoms with Gasteiger partial charge in [0.2, 0.25) is 0 Å². The van der Waals surface area contributed by atoms with Crippen molar-refractivity contribution in [3.05, 3.63) is 65.5 Å². The van der Waals surface area contributed by atoms with Crippen LogP contribution in [0, 0.1) is 5.82 Å². The summed E-state index contributed by atoms with van der Waals surface area (Å²) in [6, 6.07) is 15.8. The minimum absolute atomic E-state index is 0.150. The first kappa shape index (κ1) is 11.3. The zero-order valence-electron chi connectivity index (χ0n) is 10.4. The molecule has 1 aliphatic rings. The van der Waals surface area contributed by atoms with Crippen molar-refractivity contribution in [2.45, 2.75) is 25.3 Å². The molecule has 92 valence electrons. The molecular weight excluding hydrogens is 225 g/mol. The van der Waals surface area contributed by atoms with E-state index in [0.29, 0.717) is 12.0 Å². The van der Waals surface area contributed by atoms with Crippen LogP contribution in [0.3, 0.4) is 0 Å². The van der Waals surface area contributed by atoms with Crippen molar-refractivity contribution < 1.29 is 4.39 Å². The smallest absolute Gasteiger partial charge is 0.123 e. The first-order valence-electron chi connectivity index (χ1n) is 6.34. The maximum atomic E-state index is 13.4. The van der Waals surface area contributed by atoms with Crippen molar-refractivity contribution >= 4 is 5.69 Å². The van der Waals surface area contributed by atoms with Gasteiger partial charge in [-0.15, -0.1) is 0 Å². The van der Waals surface area contributed by atoms with Crippen LogP contribution < -0.4 is 5.32 Å². The fraction of sp³-hybridized carbons (Fsp3) is 0.250. The minimum atomic E-state index is -0.150. The van der Waals surface area contributed by atoms with Crippen LogP contribution in [0.15, 0.2) is 48.5 Å². The Kier molecular flexibility index (Phi) is 2.78. The highest BCUT2D eigenvalue weighted by Crippen LogP contribution is 2.38. The van der Waals surface area contributed by atoms with Gasteiger partial charge in [-0.2, -0.15) is 0 Å². The van der Waals surface area contributed by atoms with Gasteiger partial charge < -0.3 is 5.32 Å². The third-order valence-corrected chi connectivity index (χ3v) is 3.70. The molecule has 0 fully saturated rings. The summed E-state index contributed by atoms with van der Waals surface area (Å²) in [6.07, 6.45) is 0.950. The summed E-state index contributed by atoms with van der Waals surface area (Å²) in [4.78, 5) is 0. The van der Waals surface area contributed by atoms with Gasteiger partial charge in [0.25, 0.3) is 0 Å². The van der Waals surface area contributed by atoms with E-state index in [-0.39, 0.29) is 5.82 Å². The van der Waals surface area contributed by atoms with Gasteiger partial charge in [-0.1, -0.05) is 30.3 Å². The van der Waals surface area contributed by atoms with E-state index < -0.39 is 0 Å². The molecule has 2 aromatic rings. The Hall–Kier alpha value is -1.83. The molecule has 1 N–H and O–H groups in total. The van der Waals surface area contributed by atoms with E-state index in [9.17, 15) is 4.39 Å². The Bertz CT molecular complexity index is 550. The highest BCUT2D eigenvalue weighted by atomic mass is 19.1. The Labute approximate surface area is 107 Å². The second-order valence-corrected chi connectivity index (χ2v) is 4.96. The van der Waals surface area contributed by atoms with Crippen molar-refractivity contribution in [3.63, 3.8) is 0 Å². The first-order valence-corrected chi connectivity index (χ1v) is 6.34. The largest absolute Gasteiger partial charge is 0.382 e. The van der Waals surface area contributed by atoms with Crippen LogP contribution in [0.25, 0.3) is 0 Å². The summed E-state index contributed by atoms with van der Waals surface area (Å²) in [6.45, 7) is 2.16. The Morgan fingerprint density at radius 3 is 2.67 bits per heavy atom. The summed E-state index contributed by atoms with van der Waals surface area (Å²) in [5.41, 5.74) is 3.48. The number of halogens is 1. The lowest BCUT2D eigenvalue weighted by Crippen LogP contribution is -2.17. The molecule has 0 amide bonds. The van der Waals surface area contributed by atoms with Crippen LogP contribution in [-0.4, -0.2) is 6.04 Å². The number of hydrogen-bond donors (Lipinski definition) is 1. The van der Waals surface area contributed by atoms with Gasteiger partial charge in [-0.05, 0) is 42.7 Å². The van der Waals surface area contributed by atoms with Gasteiger partial charge in [-0.3, -0.25) is 0 Å². The Balaban J connectivity index is 1.92. The fourth-order valence-electron chi connectivity index (χ4n) is 2.74. The minimum Gasteiger partial charge on any atom is -0.382 e. The average Bonchev–Trinajstić information content (AvgIpc) is 2.67. The predicted octanol–water partition coefficient (Wildman–Crippen LogP) is 3.97. The molecule has 2 atom stereocenters. The van der Waals surface area contributed by atoms with Crippen LogP contribution in [0.5, 0.6) is 0 Å². The Morgan fingerprint density at radius 1 is 1.11 bits per heavy atom. The second kappa shape index (κ2) is 4.45. The van der Waals surface area contributed by atoms with Gasteiger partial charge in [0, 0.05) is 17.6 Å². The van der Waals surface area contributed by atoms with E-state index >= 15 is 0 Å². The molecule has 0 radical (unpaired) electrons. The lowest BCUT2D eigenvalue weighted by molar-refractivity contribution is 0.607. The van der Waals surface area contributed by atoms with Crippen LogP contribution >= 0.6 is 0 Å². The number of hydrogen-bond acceptors (Lipinski definition) is 1. The summed E-state index contributed by atoms with van der Waals surface area (Å²) in [5.74, 6) is 0.195. The van der Waals surface area contributed by atoms with Gasteiger partial charge in [0.1, 0.15) is 5.82 Å². The fourth-order valence-corrected chi connectivity index (χ4v) is 2.74. The molecule has 0 saturated carbocycles. The van der Waals surface area contributed by atoms with Crippen molar-refractivity contribution in [2.24, 2.45) is 0 Å². The lowest BCUT2D eigenvalue weighted by atomic mass is 9.89. The number of fused-ring (bicyclic) bond motifs is 1. The Morgan fingerprint density at radius 2 is 1.89 bits per heavy atom. The van der Waals surface area contributed by atoms with Crippen LogP contribution in [0.4, 0.5) is 10.1 Å². The standard InChI is InChI=1S/C16H16FN/c1-11-14(9-12-5-3-2-4-6-12)15-10-13(17)7-8-16(15)18-11/h2-8,10-11,14,18H,9H2,1H3/t11-,14+/m1/s1. The van der Waals surface area contributed by atoms with Crippen LogP contribution in [-0.2, 0) is 6.42 Å². The van der Waals surface area contributed by atoms with Gasteiger partial charge in [0.15, 0.2) is 0 Å². The van der Waals surface area contributed by atoms with E-state index in [4.69, 9.17) is 0 Å². The predicted molar refractivity (Wildman–Crippen MR) is 72.4 cm³/mol. The number of benzene rings is 2. The molecule has 0 aromatic heterocycles. The number of anilines is 1. The molecule has 3 rings (SSSR count). The SMILES string of the molecule is C[C@H]1Nc2ccc(F)cc2[C@H]1Cc1ccccc1. The molecule has 0 saturated heterocycles. The van der Waals surface area contributed by atoms with Gasteiger partial charge in [0.05, 0.1) is 0 Å². The van der Waals surface area contributed by atoms with Gasteiger partial charge in [-0.25, -0.2) is 4.39 Å². The van der Waals surface area contributed by atoms with Crippen LogP contribution in [0.1, 0.15) is 24.0 Å². The van der Waals surface area contributed by atoms with E-state index in [1.54, 1.807) is 6.07 Å². The maximum Gasteiger partial charge on any atom is 0.123 e. The second-order valence-electron chi connectivity index (χ2n) is 4.96. The monoisotopic (exact) mass is 241 g/mol. The topological polar surface area (TPSA) is 12.0 Å². The summed E-state index contributed by atoms with van der Waals surface area (Å²) in [5, 5.41) is 3.43. The molecule has 0 spiro atoms. The molecule has 0 unspecified atom stereocenters. The molecule has 1 nitrogen and oxygen atoms in total. The zero-order valence-corrected chi connectivity index (χ0v) is 10.4. The molecule has 0 bridgehead atoms. The normalized spacial score (nSPS) is 21.4. The van der Waals surface area contributed by atoms with Crippen molar-refractivity contribution in [1.82, 2.24) is 0 Å².